The standard InChI is InChI=1S/C13H20N4O7.C2H4O2/c1-5(14)4-15-7(12(21)22)10-8(19)9(20)11(24-10)17-3-2-6(18)16-13(17)23;1-2(3)4/h2-3,5,7-11,15,19-20H,4,14H2,1H3,(H,21,22)(H,16,18,23);1H3,(H,3,4)/t5?,7?,8-,9+,10+,11+;/m0./s1. The molecule has 0 spiro atoms. The van der Waals surface area contributed by atoms with Crippen molar-refractivity contribution in [2.45, 2.75) is 50.5 Å². The van der Waals surface area contributed by atoms with Crippen LogP contribution in [-0.2, 0) is 14.3 Å². The largest absolute Gasteiger partial charge is 0.481 e. The van der Waals surface area contributed by atoms with E-state index in [1.165, 1.54) is 0 Å². The second kappa shape index (κ2) is 10.1. The highest BCUT2D eigenvalue weighted by atomic mass is 16.6. The minimum absolute atomic E-state index is 0.142. The molecule has 2 rings (SSSR count). The van der Waals surface area contributed by atoms with Gasteiger partial charge in [-0.25, -0.2) is 4.79 Å². The van der Waals surface area contributed by atoms with Crippen molar-refractivity contribution in [3.05, 3.63) is 33.1 Å². The molecule has 0 aliphatic carbocycles. The number of carbonyl (C=O) groups is 2. The van der Waals surface area contributed by atoms with Crippen LogP contribution in [0.2, 0.25) is 0 Å². The fourth-order valence-corrected chi connectivity index (χ4v) is 2.48. The van der Waals surface area contributed by atoms with Gasteiger partial charge in [0.15, 0.2) is 6.23 Å². The van der Waals surface area contributed by atoms with Gasteiger partial charge in [-0.15, -0.1) is 0 Å². The van der Waals surface area contributed by atoms with E-state index in [2.05, 4.69) is 5.32 Å². The van der Waals surface area contributed by atoms with Gasteiger partial charge in [-0.3, -0.25) is 23.9 Å². The van der Waals surface area contributed by atoms with E-state index >= 15 is 0 Å². The molecule has 2 unspecified atom stereocenters. The molecule has 6 atom stereocenters. The van der Waals surface area contributed by atoms with Crippen molar-refractivity contribution in [2.24, 2.45) is 5.73 Å². The molecule has 13 nitrogen and oxygen atoms in total. The van der Waals surface area contributed by atoms with Gasteiger partial charge in [-0.05, 0) is 6.92 Å². The van der Waals surface area contributed by atoms with Crippen LogP contribution in [-0.4, -0.2) is 78.9 Å². The van der Waals surface area contributed by atoms with E-state index in [4.69, 9.17) is 20.4 Å². The minimum Gasteiger partial charge on any atom is -0.481 e. The summed E-state index contributed by atoms with van der Waals surface area (Å²) in [5, 5.41) is 39.6. The van der Waals surface area contributed by atoms with Crippen LogP contribution >= 0.6 is 0 Å². The summed E-state index contributed by atoms with van der Waals surface area (Å²) in [4.78, 5) is 45.3. The summed E-state index contributed by atoms with van der Waals surface area (Å²) in [5.41, 5.74) is 4.08. The molecule has 13 heteroatoms. The predicted octanol–water partition coefficient (Wildman–Crippen LogP) is -3.36. The monoisotopic (exact) mass is 404 g/mol. The SMILES string of the molecule is CC(=O)O.CC(N)CNC(C(=O)O)[C@H]1O[C@@H](n2ccc(=O)[nH]c2=O)[C@H](O)[C@@H]1O. The zero-order valence-corrected chi connectivity index (χ0v) is 15.2. The summed E-state index contributed by atoms with van der Waals surface area (Å²) in [6.45, 7) is 2.89. The third-order valence-electron chi connectivity index (χ3n) is 3.65. The number of carboxylic acid groups (broad SMARTS) is 2. The first-order chi connectivity index (χ1) is 13.0. The number of aliphatic carboxylic acids is 2. The molecule has 0 aromatic carbocycles. The summed E-state index contributed by atoms with van der Waals surface area (Å²) in [6.07, 6.45) is -4.68. The van der Waals surface area contributed by atoms with Crippen LogP contribution in [0.3, 0.4) is 0 Å². The Morgan fingerprint density at radius 2 is 1.89 bits per heavy atom. The molecule has 1 aliphatic rings. The van der Waals surface area contributed by atoms with E-state index in [9.17, 15) is 29.7 Å². The average Bonchev–Trinajstić information content (AvgIpc) is 2.83. The van der Waals surface area contributed by atoms with Crippen LogP contribution in [0, 0.1) is 0 Å². The van der Waals surface area contributed by atoms with Gasteiger partial charge in [-0.1, -0.05) is 0 Å². The van der Waals surface area contributed by atoms with E-state index in [-0.39, 0.29) is 12.6 Å². The van der Waals surface area contributed by atoms with Crippen LogP contribution in [0.1, 0.15) is 20.1 Å². The number of nitrogens with two attached hydrogens (primary N) is 1. The molecule has 8 N–H and O–H groups in total. The highest BCUT2D eigenvalue weighted by Crippen LogP contribution is 2.30. The Labute approximate surface area is 158 Å². The number of aliphatic hydroxyl groups excluding tert-OH is 2. The topological polar surface area (TPSA) is 217 Å². The van der Waals surface area contributed by atoms with Crippen LogP contribution in [0.4, 0.5) is 0 Å². The predicted molar refractivity (Wildman–Crippen MR) is 93.6 cm³/mol. The summed E-state index contributed by atoms with van der Waals surface area (Å²) in [5.74, 6) is -2.14. The third-order valence-corrected chi connectivity index (χ3v) is 3.65. The highest BCUT2D eigenvalue weighted by Gasteiger charge is 2.49. The number of hydrogen-bond donors (Lipinski definition) is 7. The van der Waals surface area contributed by atoms with Crippen molar-refractivity contribution in [2.75, 3.05) is 6.54 Å². The Balaban J connectivity index is 0.000000892. The summed E-state index contributed by atoms with van der Waals surface area (Å²) < 4.78 is 6.28. The van der Waals surface area contributed by atoms with E-state index in [0.29, 0.717) is 0 Å². The van der Waals surface area contributed by atoms with Crippen molar-refractivity contribution in [3.8, 4) is 0 Å². The van der Waals surface area contributed by atoms with Crippen LogP contribution in [0.25, 0.3) is 0 Å². The van der Waals surface area contributed by atoms with Gasteiger partial charge in [0.25, 0.3) is 11.5 Å². The third kappa shape index (κ3) is 6.24. The number of H-pyrrole nitrogens is 1. The summed E-state index contributed by atoms with van der Waals surface area (Å²) >= 11 is 0. The number of nitrogens with one attached hydrogen (secondary N) is 2. The lowest BCUT2D eigenvalue weighted by Gasteiger charge is -2.24. The van der Waals surface area contributed by atoms with Crippen molar-refractivity contribution in [1.82, 2.24) is 14.9 Å². The van der Waals surface area contributed by atoms with Crippen molar-refractivity contribution < 1.29 is 34.8 Å². The van der Waals surface area contributed by atoms with Gasteiger partial charge in [-0.2, -0.15) is 0 Å². The second-order valence-corrected chi connectivity index (χ2v) is 6.21. The van der Waals surface area contributed by atoms with Gasteiger partial charge in [0, 0.05) is 31.8 Å². The van der Waals surface area contributed by atoms with E-state index < -0.39 is 53.8 Å². The quantitative estimate of drug-likeness (QED) is 0.248. The molecule has 1 fully saturated rings. The zero-order valence-electron chi connectivity index (χ0n) is 15.2. The van der Waals surface area contributed by atoms with Gasteiger partial charge in [0.1, 0.15) is 24.4 Å². The molecule has 28 heavy (non-hydrogen) atoms. The molecule has 1 saturated heterocycles. The maximum atomic E-state index is 11.8. The number of nitrogens with zero attached hydrogens (tertiary/aromatic N) is 1. The van der Waals surface area contributed by atoms with Crippen LogP contribution < -0.4 is 22.3 Å². The van der Waals surface area contributed by atoms with E-state index in [1.807, 2.05) is 4.98 Å². The number of ether oxygens (including phenoxy) is 1. The second-order valence-electron chi connectivity index (χ2n) is 6.21. The lowest BCUT2D eigenvalue weighted by atomic mass is 10.0. The van der Waals surface area contributed by atoms with Gasteiger partial charge in [0.2, 0.25) is 0 Å². The van der Waals surface area contributed by atoms with Gasteiger partial charge in [0.05, 0.1) is 0 Å². The molecule has 0 amide bonds. The molecule has 0 saturated carbocycles. The Bertz CT molecular complexity index is 786. The number of carboxylic acids is 2. The lowest BCUT2D eigenvalue weighted by Crippen LogP contribution is -2.53. The minimum atomic E-state index is -1.56. The van der Waals surface area contributed by atoms with Crippen molar-refractivity contribution in [3.63, 3.8) is 0 Å². The zero-order chi connectivity index (χ0) is 21.6. The maximum Gasteiger partial charge on any atom is 0.330 e. The number of aromatic nitrogens is 2. The lowest BCUT2D eigenvalue weighted by molar-refractivity contribution is -0.146. The number of aromatic amines is 1. The number of aliphatic hydroxyl groups is 2. The first-order valence-electron chi connectivity index (χ1n) is 8.20. The Morgan fingerprint density at radius 1 is 1.32 bits per heavy atom. The molecule has 158 valence electrons. The highest BCUT2D eigenvalue weighted by molar-refractivity contribution is 5.74. The first-order valence-corrected chi connectivity index (χ1v) is 8.20. The molecule has 1 aliphatic heterocycles. The molecule has 0 radical (unpaired) electrons. The Kier molecular flexibility index (Phi) is 8.46. The van der Waals surface area contributed by atoms with E-state index in [0.717, 1.165) is 23.8 Å². The molecule has 0 bridgehead atoms. The van der Waals surface area contributed by atoms with Crippen LogP contribution in [0.5, 0.6) is 0 Å². The summed E-state index contributed by atoms with van der Waals surface area (Å²) in [7, 11) is 0. The number of hydrogen-bond acceptors (Lipinski definition) is 9. The smallest absolute Gasteiger partial charge is 0.330 e. The summed E-state index contributed by atoms with van der Waals surface area (Å²) in [6, 6.07) is -0.641. The first kappa shape index (κ1) is 23.5. The normalized spacial score (nSPS) is 26.0. The van der Waals surface area contributed by atoms with Crippen molar-refractivity contribution in [1.29, 1.82) is 0 Å². The molecule has 2 heterocycles. The fraction of sp³-hybridized carbons (Fsp3) is 0.600. The van der Waals surface area contributed by atoms with Crippen LogP contribution in [0.15, 0.2) is 21.9 Å². The maximum absolute atomic E-state index is 11.8. The number of rotatable bonds is 6. The van der Waals surface area contributed by atoms with Crippen molar-refractivity contribution >= 4 is 11.9 Å². The van der Waals surface area contributed by atoms with Gasteiger partial charge >= 0.3 is 11.7 Å². The molecule has 1 aromatic rings. The fourth-order valence-electron chi connectivity index (χ4n) is 2.48. The molecular weight excluding hydrogens is 380 g/mol. The molecule has 1 aromatic heterocycles. The Morgan fingerprint density at radius 3 is 2.36 bits per heavy atom. The van der Waals surface area contributed by atoms with E-state index in [1.54, 1.807) is 6.92 Å². The van der Waals surface area contributed by atoms with Gasteiger partial charge < -0.3 is 36.2 Å². The molecular formula is C15H24N4O9. The average molecular weight is 404 g/mol. The Hall–Kier alpha value is -2.58.